The number of pyridine rings is 2. The second kappa shape index (κ2) is 9.16. The Morgan fingerprint density at radius 2 is 1.77 bits per heavy atom. The number of fused-ring (bicyclic) bond motifs is 2. The molecule has 1 saturated carbocycles. The van der Waals surface area contributed by atoms with Crippen molar-refractivity contribution in [1.82, 2.24) is 25.1 Å². The van der Waals surface area contributed by atoms with Crippen molar-refractivity contribution >= 4 is 33.4 Å². The first-order chi connectivity index (χ1) is 19.0. The molecular formula is C31H25FN6O. The highest BCUT2D eigenvalue weighted by Gasteiger charge is 2.25. The van der Waals surface area contributed by atoms with E-state index in [9.17, 15) is 9.18 Å². The predicted octanol–water partition coefficient (Wildman–Crippen LogP) is 7.02. The van der Waals surface area contributed by atoms with Gasteiger partial charge in [-0.15, -0.1) is 0 Å². The van der Waals surface area contributed by atoms with Crippen molar-refractivity contribution in [3.63, 3.8) is 0 Å². The van der Waals surface area contributed by atoms with Gasteiger partial charge in [0.05, 0.1) is 34.8 Å². The van der Waals surface area contributed by atoms with Crippen LogP contribution >= 0.6 is 0 Å². The number of hydrogen-bond donors (Lipinski definition) is 3. The van der Waals surface area contributed by atoms with Gasteiger partial charge in [0, 0.05) is 40.2 Å². The van der Waals surface area contributed by atoms with E-state index in [0.717, 1.165) is 80.3 Å². The maximum absolute atomic E-state index is 14.2. The lowest BCUT2D eigenvalue weighted by molar-refractivity contribution is -0.122. The van der Waals surface area contributed by atoms with E-state index >= 15 is 0 Å². The molecule has 1 fully saturated rings. The van der Waals surface area contributed by atoms with E-state index in [-0.39, 0.29) is 17.6 Å². The van der Waals surface area contributed by atoms with E-state index < -0.39 is 0 Å². The summed E-state index contributed by atoms with van der Waals surface area (Å²) in [7, 11) is 0. The van der Waals surface area contributed by atoms with Crippen LogP contribution in [0.1, 0.15) is 24.8 Å². The number of benzene rings is 2. The molecule has 0 radical (unpaired) electrons. The molecule has 3 N–H and O–H groups in total. The topological polar surface area (TPSA) is 99.3 Å². The summed E-state index contributed by atoms with van der Waals surface area (Å²) < 4.78 is 14.2. The second-order valence-corrected chi connectivity index (χ2v) is 10.3. The van der Waals surface area contributed by atoms with Crippen LogP contribution in [0.2, 0.25) is 0 Å². The van der Waals surface area contributed by atoms with Crippen molar-refractivity contribution in [2.45, 2.75) is 26.2 Å². The number of nitrogens with zero attached hydrogens (tertiary/aromatic N) is 3. The van der Waals surface area contributed by atoms with E-state index in [4.69, 9.17) is 0 Å². The molecule has 0 spiro atoms. The highest BCUT2D eigenvalue weighted by molar-refractivity contribution is 6.01. The Labute approximate surface area is 223 Å². The van der Waals surface area contributed by atoms with Crippen LogP contribution in [-0.4, -0.2) is 31.1 Å². The molecule has 1 aliphatic rings. The van der Waals surface area contributed by atoms with Gasteiger partial charge in [-0.05, 0) is 72.9 Å². The molecule has 4 aromatic heterocycles. The van der Waals surface area contributed by atoms with Gasteiger partial charge in [0.25, 0.3) is 0 Å². The Bertz CT molecular complexity index is 1860. The summed E-state index contributed by atoms with van der Waals surface area (Å²) >= 11 is 0. The summed E-state index contributed by atoms with van der Waals surface area (Å²) in [5.74, 6) is -0.103. The van der Waals surface area contributed by atoms with Crippen molar-refractivity contribution in [2.24, 2.45) is 5.92 Å². The standard InChI is InChI=1S/C31H25FN6O/c1-17-7-20(9-22(32)8-17)26-15-34-16-29-24(26)12-28(36-29)30-25-11-19(5-6-27(25)37-38-30)21-10-23(14-33-13-21)35-31(39)18-3-2-4-18/h5-16,18,36H,2-4H2,1H3,(H,35,39)(H,37,38). The molecule has 7 nitrogen and oxygen atoms in total. The van der Waals surface area contributed by atoms with Crippen molar-refractivity contribution in [1.29, 1.82) is 0 Å². The van der Waals surface area contributed by atoms with Crippen LogP contribution in [0.5, 0.6) is 0 Å². The summed E-state index contributed by atoms with van der Waals surface area (Å²) in [4.78, 5) is 24.6. The van der Waals surface area contributed by atoms with Crippen LogP contribution in [0.3, 0.4) is 0 Å². The van der Waals surface area contributed by atoms with Gasteiger partial charge in [-0.25, -0.2) is 4.39 Å². The molecule has 0 atom stereocenters. The maximum Gasteiger partial charge on any atom is 0.227 e. The lowest BCUT2D eigenvalue weighted by Gasteiger charge is -2.24. The van der Waals surface area contributed by atoms with Gasteiger partial charge in [-0.3, -0.25) is 19.9 Å². The number of aromatic nitrogens is 5. The summed E-state index contributed by atoms with van der Waals surface area (Å²) in [5, 5.41) is 12.6. The zero-order valence-electron chi connectivity index (χ0n) is 21.3. The average Bonchev–Trinajstić information content (AvgIpc) is 3.50. The van der Waals surface area contributed by atoms with Crippen LogP contribution in [0.15, 0.2) is 73.3 Å². The van der Waals surface area contributed by atoms with Gasteiger partial charge in [-0.2, -0.15) is 5.10 Å². The highest BCUT2D eigenvalue weighted by Crippen LogP contribution is 2.35. The molecule has 2 aromatic carbocycles. The van der Waals surface area contributed by atoms with E-state index in [2.05, 4.69) is 36.5 Å². The fraction of sp³-hybridized carbons (Fsp3) is 0.161. The van der Waals surface area contributed by atoms with Crippen molar-refractivity contribution < 1.29 is 9.18 Å². The first kappa shape index (κ1) is 23.3. The minimum Gasteiger partial charge on any atom is -0.352 e. The molecule has 0 unspecified atom stereocenters. The number of anilines is 1. The number of carbonyl (C=O) groups is 1. The van der Waals surface area contributed by atoms with Gasteiger partial charge >= 0.3 is 0 Å². The van der Waals surface area contributed by atoms with E-state index in [0.29, 0.717) is 5.69 Å². The first-order valence-corrected chi connectivity index (χ1v) is 13.0. The number of aromatic amines is 2. The van der Waals surface area contributed by atoms with Gasteiger partial charge < -0.3 is 10.3 Å². The third-order valence-electron chi connectivity index (χ3n) is 7.53. The Balaban J connectivity index is 1.27. The van der Waals surface area contributed by atoms with Gasteiger partial charge in [-0.1, -0.05) is 18.6 Å². The van der Waals surface area contributed by atoms with Crippen LogP contribution < -0.4 is 5.32 Å². The van der Waals surface area contributed by atoms with Gasteiger partial charge in [0.15, 0.2) is 0 Å². The number of hydrogen-bond acceptors (Lipinski definition) is 4. The summed E-state index contributed by atoms with van der Waals surface area (Å²) in [6.45, 7) is 1.88. The highest BCUT2D eigenvalue weighted by atomic mass is 19.1. The number of H-pyrrole nitrogens is 2. The molecule has 0 bridgehead atoms. The molecule has 6 aromatic rings. The largest absolute Gasteiger partial charge is 0.352 e. The zero-order chi connectivity index (χ0) is 26.5. The third-order valence-corrected chi connectivity index (χ3v) is 7.53. The van der Waals surface area contributed by atoms with E-state index in [1.54, 1.807) is 24.8 Å². The number of rotatable bonds is 5. The summed E-state index contributed by atoms with van der Waals surface area (Å²) in [5.41, 5.74) is 8.38. The zero-order valence-corrected chi connectivity index (χ0v) is 21.3. The number of halogens is 1. The summed E-state index contributed by atoms with van der Waals surface area (Å²) in [6, 6.07) is 15.1. The number of nitrogens with one attached hydrogen (secondary N) is 3. The molecular weight excluding hydrogens is 491 g/mol. The Morgan fingerprint density at radius 1 is 0.897 bits per heavy atom. The van der Waals surface area contributed by atoms with Crippen LogP contribution in [0.4, 0.5) is 10.1 Å². The van der Waals surface area contributed by atoms with Gasteiger partial charge in [0.2, 0.25) is 5.91 Å². The lowest BCUT2D eigenvalue weighted by atomic mass is 9.85. The smallest absolute Gasteiger partial charge is 0.227 e. The first-order valence-electron chi connectivity index (χ1n) is 13.0. The normalized spacial score (nSPS) is 13.6. The quantitative estimate of drug-likeness (QED) is 0.229. The van der Waals surface area contributed by atoms with Crippen molar-refractivity contribution in [3.8, 4) is 33.6 Å². The molecule has 8 heteroatoms. The molecule has 4 heterocycles. The number of aryl methyl sites for hydroxylation is 1. The maximum atomic E-state index is 14.2. The third kappa shape index (κ3) is 4.24. The van der Waals surface area contributed by atoms with Crippen molar-refractivity contribution in [2.75, 3.05) is 5.32 Å². The second-order valence-electron chi connectivity index (χ2n) is 10.3. The monoisotopic (exact) mass is 516 g/mol. The van der Waals surface area contributed by atoms with Crippen LogP contribution in [-0.2, 0) is 4.79 Å². The lowest BCUT2D eigenvalue weighted by Crippen LogP contribution is -2.28. The molecule has 192 valence electrons. The predicted molar refractivity (Wildman–Crippen MR) is 151 cm³/mol. The van der Waals surface area contributed by atoms with E-state index in [1.807, 2.05) is 37.3 Å². The molecule has 1 amide bonds. The molecule has 0 aliphatic heterocycles. The Morgan fingerprint density at radius 3 is 2.59 bits per heavy atom. The van der Waals surface area contributed by atoms with E-state index in [1.165, 1.54) is 12.1 Å². The van der Waals surface area contributed by atoms with Gasteiger partial charge in [0.1, 0.15) is 11.5 Å². The minimum atomic E-state index is -0.273. The van der Waals surface area contributed by atoms with Crippen LogP contribution in [0.25, 0.3) is 55.4 Å². The summed E-state index contributed by atoms with van der Waals surface area (Å²) in [6.07, 6.45) is 10.0. The molecule has 1 aliphatic carbocycles. The molecule has 0 saturated heterocycles. The minimum absolute atomic E-state index is 0.0637. The average molecular weight is 517 g/mol. The number of carbonyl (C=O) groups excluding carboxylic acids is 1. The molecule has 39 heavy (non-hydrogen) atoms. The Kier molecular flexibility index (Phi) is 5.47. The van der Waals surface area contributed by atoms with Crippen LogP contribution in [0, 0.1) is 18.7 Å². The SMILES string of the molecule is Cc1cc(F)cc(-c2cncc3[nH]c(-c4n[nH]c5ccc(-c6cncc(NC(=O)C7CCC7)c6)cc45)cc23)c1. The number of amides is 1. The fourth-order valence-electron chi connectivity index (χ4n) is 5.28. The van der Waals surface area contributed by atoms with Crippen molar-refractivity contribution in [3.05, 3.63) is 84.7 Å². The fourth-order valence-corrected chi connectivity index (χ4v) is 5.28. The molecule has 7 rings (SSSR count). The Hall–Kier alpha value is -4.85.